The first-order chi connectivity index (χ1) is 7.85. The van der Waals surface area contributed by atoms with E-state index in [1.165, 1.54) is 18.4 Å². The molecule has 0 amide bonds. The fourth-order valence-electron chi connectivity index (χ4n) is 4.31. The van der Waals surface area contributed by atoms with Crippen LogP contribution in [0.5, 0.6) is 0 Å². The smallest absolute Gasteiger partial charge is 0.167 e. The van der Waals surface area contributed by atoms with E-state index in [9.17, 15) is 4.79 Å². The second kappa shape index (κ2) is 3.03. The van der Waals surface area contributed by atoms with E-state index in [-0.39, 0.29) is 11.0 Å². The minimum absolute atomic E-state index is 0.169. The van der Waals surface area contributed by atoms with E-state index in [4.69, 9.17) is 4.74 Å². The Morgan fingerprint density at radius 2 is 2.12 bits per heavy atom. The summed E-state index contributed by atoms with van der Waals surface area (Å²) in [6.07, 6.45) is 5.09. The van der Waals surface area contributed by atoms with Crippen LogP contribution in [0, 0.1) is 11.3 Å². The number of Topliss-reactive ketones (excluding diaryl/α,β-unsaturated/α-hetero) is 1. The maximum absolute atomic E-state index is 12.1. The molecule has 1 heterocycles. The Bertz CT molecular complexity index is 413. The molecule has 3 rings (SSSR count). The zero-order valence-corrected chi connectivity index (χ0v) is 11.1. The molecular formula is C15H22O2. The summed E-state index contributed by atoms with van der Waals surface area (Å²) in [7, 11) is 0. The van der Waals surface area contributed by atoms with Crippen LogP contribution in [-0.4, -0.2) is 17.0 Å². The van der Waals surface area contributed by atoms with Gasteiger partial charge in [-0.15, -0.1) is 0 Å². The monoisotopic (exact) mass is 234 g/mol. The average Bonchev–Trinajstić information content (AvgIpc) is 2.88. The largest absolute Gasteiger partial charge is 0.354 e. The van der Waals surface area contributed by atoms with E-state index in [2.05, 4.69) is 20.4 Å². The van der Waals surface area contributed by atoms with Crippen molar-refractivity contribution >= 4 is 5.78 Å². The second-order valence-corrected chi connectivity index (χ2v) is 6.73. The molecule has 0 radical (unpaired) electrons. The Morgan fingerprint density at radius 1 is 1.41 bits per heavy atom. The molecule has 0 bridgehead atoms. The molecule has 94 valence electrons. The molecule has 3 fully saturated rings. The fraction of sp³-hybridized carbons (Fsp3) is 0.800. The van der Waals surface area contributed by atoms with Crippen LogP contribution in [0.1, 0.15) is 52.9 Å². The quantitative estimate of drug-likeness (QED) is 0.515. The van der Waals surface area contributed by atoms with Gasteiger partial charge in [-0.25, -0.2) is 0 Å². The van der Waals surface area contributed by atoms with Crippen LogP contribution in [0.15, 0.2) is 12.2 Å². The lowest BCUT2D eigenvalue weighted by Crippen LogP contribution is -2.52. The molecule has 3 aliphatic rings. The van der Waals surface area contributed by atoms with E-state index < -0.39 is 5.60 Å². The lowest BCUT2D eigenvalue weighted by molar-refractivity contribution is -0.126. The molecule has 1 spiro atoms. The predicted molar refractivity (Wildman–Crippen MR) is 66.7 cm³/mol. The Balaban J connectivity index is 1.97. The molecule has 0 aromatic carbocycles. The molecule has 17 heavy (non-hydrogen) atoms. The maximum Gasteiger partial charge on any atom is 0.167 e. The first-order valence-electron chi connectivity index (χ1n) is 6.74. The lowest BCUT2D eigenvalue weighted by Gasteiger charge is -2.46. The summed E-state index contributed by atoms with van der Waals surface area (Å²) in [6, 6.07) is 0. The Hall–Kier alpha value is -0.630. The van der Waals surface area contributed by atoms with Crippen molar-refractivity contribution in [2.75, 3.05) is 0 Å². The molecule has 2 heteroatoms. The molecule has 1 aliphatic heterocycles. The SMILES string of the molecule is C=C(C)[C@@H]1CC[C@@]2(C)CCC(=O)[C@@]3(C)O[C@@]23C1. The third kappa shape index (κ3) is 1.17. The summed E-state index contributed by atoms with van der Waals surface area (Å²) in [5.41, 5.74) is 0.810. The topological polar surface area (TPSA) is 29.6 Å². The highest BCUT2D eigenvalue weighted by Gasteiger charge is 2.80. The normalized spacial score (nSPS) is 52.6. The van der Waals surface area contributed by atoms with E-state index in [0.29, 0.717) is 18.1 Å². The van der Waals surface area contributed by atoms with Crippen LogP contribution < -0.4 is 0 Å². The van der Waals surface area contributed by atoms with Crippen LogP contribution in [0.2, 0.25) is 0 Å². The van der Waals surface area contributed by atoms with Gasteiger partial charge in [-0.2, -0.15) is 0 Å². The molecule has 0 aromatic rings. The van der Waals surface area contributed by atoms with Gasteiger partial charge in [0.05, 0.1) is 0 Å². The van der Waals surface area contributed by atoms with Crippen molar-refractivity contribution in [3.63, 3.8) is 0 Å². The third-order valence-corrected chi connectivity index (χ3v) is 5.79. The summed E-state index contributed by atoms with van der Waals surface area (Å²) in [6.45, 7) is 10.5. The van der Waals surface area contributed by atoms with Crippen LogP contribution in [0.3, 0.4) is 0 Å². The van der Waals surface area contributed by atoms with Crippen molar-refractivity contribution in [3.05, 3.63) is 12.2 Å². The first-order valence-corrected chi connectivity index (χ1v) is 6.74. The standard InChI is InChI=1S/C15H22O2/c1-10(2)11-5-7-13(3)8-6-12(16)14(4)15(13,9-11)17-14/h11H,1,5-9H2,2-4H3/t11-,13+,14-,15+/m1/s1. The number of hydrogen-bond donors (Lipinski definition) is 0. The third-order valence-electron chi connectivity index (χ3n) is 5.79. The van der Waals surface area contributed by atoms with Crippen molar-refractivity contribution in [2.24, 2.45) is 11.3 Å². The lowest BCUT2D eigenvalue weighted by atomic mass is 9.54. The molecule has 4 atom stereocenters. The highest BCUT2D eigenvalue weighted by Crippen LogP contribution is 2.70. The summed E-state index contributed by atoms with van der Waals surface area (Å²) in [5, 5.41) is 0. The summed E-state index contributed by atoms with van der Waals surface area (Å²) >= 11 is 0. The maximum atomic E-state index is 12.1. The van der Waals surface area contributed by atoms with E-state index in [1.54, 1.807) is 0 Å². The zero-order valence-electron chi connectivity index (χ0n) is 11.1. The van der Waals surface area contributed by atoms with Crippen LogP contribution in [-0.2, 0) is 9.53 Å². The van der Waals surface area contributed by atoms with Gasteiger partial charge in [-0.1, -0.05) is 19.1 Å². The van der Waals surface area contributed by atoms with Crippen LogP contribution in [0.25, 0.3) is 0 Å². The highest BCUT2D eigenvalue weighted by molar-refractivity contribution is 5.93. The number of ketones is 1. The van der Waals surface area contributed by atoms with Gasteiger partial charge in [0.1, 0.15) is 5.60 Å². The number of hydrogen-bond acceptors (Lipinski definition) is 2. The second-order valence-electron chi connectivity index (χ2n) is 6.73. The summed E-state index contributed by atoms with van der Waals surface area (Å²) in [5.74, 6) is 0.855. The summed E-state index contributed by atoms with van der Waals surface area (Å²) < 4.78 is 6.06. The first kappa shape index (κ1) is 11.5. The van der Waals surface area contributed by atoms with Crippen molar-refractivity contribution in [2.45, 2.75) is 64.1 Å². The van der Waals surface area contributed by atoms with Gasteiger partial charge in [0.2, 0.25) is 0 Å². The van der Waals surface area contributed by atoms with Crippen LogP contribution >= 0.6 is 0 Å². The van der Waals surface area contributed by atoms with Gasteiger partial charge < -0.3 is 4.74 Å². The average molecular weight is 234 g/mol. The predicted octanol–water partition coefficient (Wildman–Crippen LogP) is 3.26. The Labute approximate surface area is 103 Å². The number of rotatable bonds is 1. The molecule has 0 aromatic heterocycles. The number of carbonyl (C=O) groups excluding carboxylic acids is 1. The van der Waals surface area contributed by atoms with Crippen molar-refractivity contribution in [1.82, 2.24) is 0 Å². The highest BCUT2D eigenvalue weighted by atomic mass is 16.6. The minimum Gasteiger partial charge on any atom is -0.354 e. The van der Waals surface area contributed by atoms with E-state index in [1.807, 2.05) is 6.92 Å². The van der Waals surface area contributed by atoms with Gasteiger partial charge in [-0.3, -0.25) is 4.79 Å². The van der Waals surface area contributed by atoms with Gasteiger partial charge in [0.25, 0.3) is 0 Å². The Kier molecular flexibility index (Phi) is 2.04. The zero-order chi connectivity index (χ0) is 12.5. The van der Waals surface area contributed by atoms with E-state index >= 15 is 0 Å². The van der Waals surface area contributed by atoms with Crippen LogP contribution in [0.4, 0.5) is 0 Å². The number of ether oxygens (including phenoxy) is 1. The number of allylic oxidation sites excluding steroid dienone is 1. The fourth-order valence-corrected chi connectivity index (χ4v) is 4.31. The molecule has 0 unspecified atom stereocenters. The molecule has 2 saturated carbocycles. The van der Waals surface area contributed by atoms with Crippen molar-refractivity contribution < 1.29 is 9.53 Å². The van der Waals surface area contributed by atoms with Crippen molar-refractivity contribution in [1.29, 1.82) is 0 Å². The minimum atomic E-state index is -0.478. The van der Waals surface area contributed by atoms with E-state index in [0.717, 1.165) is 12.8 Å². The van der Waals surface area contributed by atoms with Gasteiger partial charge in [0.15, 0.2) is 11.4 Å². The Morgan fingerprint density at radius 3 is 2.76 bits per heavy atom. The van der Waals surface area contributed by atoms with Gasteiger partial charge >= 0.3 is 0 Å². The van der Waals surface area contributed by atoms with Gasteiger partial charge in [-0.05, 0) is 45.4 Å². The molecule has 1 saturated heterocycles. The summed E-state index contributed by atoms with van der Waals surface area (Å²) in [4.78, 5) is 12.1. The molecule has 2 aliphatic carbocycles. The number of epoxide rings is 1. The number of carbonyl (C=O) groups is 1. The molecular weight excluding hydrogens is 212 g/mol. The molecule has 0 N–H and O–H groups in total. The van der Waals surface area contributed by atoms with Gasteiger partial charge in [0, 0.05) is 11.8 Å². The van der Waals surface area contributed by atoms with Crippen molar-refractivity contribution in [3.8, 4) is 0 Å². The molecule has 2 nitrogen and oxygen atoms in total.